The second-order valence-electron chi connectivity index (χ2n) is 3.49. The molecule has 1 N–H and O–H groups in total. The van der Waals surface area contributed by atoms with Gasteiger partial charge in [0.05, 0.1) is 0 Å². The SMILES string of the molecule is N#C/C([N+]#N)=C(/O)CCCc1ccc(Cl)cc1. The van der Waals surface area contributed by atoms with Gasteiger partial charge in [0.15, 0.2) is 11.0 Å². The van der Waals surface area contributed by atoms with Crippen LogP contribution in [0.15, 0.2) is 35.7 Å². The van der Waals surface area contributed by atoms with Crippen LogP contribution in [0.5, 0.6) is 0 Å². The number of aliphatic hydroxyl groups is 1. The fourth-order valence-corrected chi connectivity index (χ4v) is 1.50. The summed E-state index contributed by atoms with van der Waals surface area (Å²) in [7, 11) is 0. The topological polar surface area (TPSA) is 72.2 Å². The minimum absolute atomic E-state index is 0.191. The average Bonchev–Trinajstić information content (AvgIpc) is 2.33. The fourth-order valence-electron chi connectivity index (χ4n) is 1.37. The molecule has 0 aromatic heterocycles. The molecule has 0 bridgehead atoms. The molecule has 17 heavy (non-hydrogen) atoms. The molecule has 4 nitrogen and oxygen atoms in total. The van der Waals surface area contributed by atoms with Gasteiger partial charge in [-0.05, 0) is 30.5 Å². The van der Waals surface area contributed by atoms with Crippen LogP contribution in [0, 0.1) is 16.7 Å². The number of halogens is 1. The molecule has 0 aliphatic carbocycles. The van der Waals surface area contributed by atoms with Crippen molar-refractivity contribution in [1.29, 1.82) is 10.7 Å². The molecule has 1 rings (SSSR count). The molecule has 0 aliphatic heterocycles. The standard InChI is InChI=1S/C12H10ClN3O/c13-10-6-4-9(5-7-10)2-1-3-12(17)11(8-14)16-15/h4-7H,1-3H2/p+1/b12-11-. The number of aliphatic hydroxyl groups excluding tert-OH is 1. The lowest BCUT2D eigenvalue weighted by molar-refractivity contribution is 0.380. The van der Waals surface area contributed by atoms with Crippen LogP contribution in [-0.2, 0) is 6.42 Å². The second-order valence-corrected chi connectivity index (χ2v) is 3.92. The minimum atomic E-state index is -0.332. The van der Waals surface area contributed by atoms with Crippen LogP contribution in [0.1, 0.15) is 18.4 Å². The monoisotopic (exact) mass is 248 g/mol. The van der Waals surface area contributed by atoms with Gasteiger partial charge in [0, 0.05) is 11.4 Å². The zero-order valence-electron chi connectivity index (χ0n) is 9.10. The van der Waals surface area contributed by atoms with Gasteiger partial charge in [-0.15, -0.1) is 0 Å². The second kappa shape index (κ2) is 6.52. The van der Waals surface area contributed by atoms with E-state index in [1.165, 1.54) is 0 Å². The molecule has 1 aromatic carbocycles. The first-order valence-electron chi connectivity index (χ1n) is 5.09. The van der Waals surface area contributed by atoms with Gasteiger partial charge in [0.1, 0.15) is 0 Å². The lowest BCUT2D eigenvalue weighted by Gasteiger charge is -2.00. The predicted molar refractivity (Wildman–Crippen MR) is 64.7 cm³/mol. The van der Waals surface area contributed by atoms with Crippen molar-refractivity contribution < 1.29 is 5.11 Å². The number of hydrogen-bond acceptors (Lipinski definition) is 3. The Morgan fingerprint density at radius 3 is 2.53 bits per heavy atom. The Morgan fingerprint density at radius 1 is 1.35 bits per heavy atom. The van der Waals surface area contributed by atoms with Gasteiger partial charge in [-0.1, -0.05) is 23.7 Å². The lowest BCUT2D eigenvalue weighted by Crippen LogP contribution is -1.90. The van der Waals surface area contributed by atoms with E-state index in [0.29, 0.717) is 17.9 Å². The Morgan fingerprint density at radius 2 is 2.00 bits per heavy atom. The number of nitrogens with zero attached hydrogens (tertiary/aromatic N) is 3. The molecule has 0 radical (unpaired) electrons. The molecule has 86 valence electrons. The van der Waals surface area contributed by atoms with Crippen molar-refractivity contribution in [3.05, 3.63) is 51.3 Å². The van der Waals surface area contributed by atoms with E-state index in [4.69, 9.17) is 22.3 Å². The highest BCUT2D eigenvalue weighted by Crippen LogP contribution is 2.14. The van der Waals surface area contributed by atoms with E-state index >= 15 is 0 Å². The van der Waals surface area contributed by atoms with Crippen LogP contribution < -0.4 is 0 Å². The maximum absolute atomic E-state index is 9.41. The lowest BCUT2D eigenvalue weighted by atomic mass is 10.1. The van der Waals surface area contributed by atoms with E-state index < -0.39 is 0 Å². The summed E-state index contributed by atoms with van der Waals surface area (Å²) < 4.78 is 0. The van der Waals surface area contributed by atoms with Gasteiger partial charge in [0.2, 0.25) is 11.2 Å². The summed E-state index contributed by atoms with van der Waals surface area (Å²) in [6.07, 6.45) is 1.72. The highest BCUT2D eigenvalue weighted by Gasteiger charge is 2.16. The highest BCUT2D eigenvalue weighted by atomic mass is 35.5. The zero-order valence-corrected chi connectivity index (χ0v) is 9.85. The van der Waals surface area contributed by atoms with Gasteiger partial charge in [-0.25, -0.2) is 0 Å². The molecule has 5 heteroatoms. The van der Waals surface area contributed by atoms with E-state index in [9.17, 15) is 5.11 Å². The van der Waals surface area contributed by atoms with Crippen molar-refractivity contribution in [1.82, 2.24) is 0 Å². The number of nitriles is 1. The summed E-state index contributed by atoms with van der Waals surface area (Å²) in [5.74, 6) is -0.191. The van der Waals surface area contributed by atoms with Crippen molar-refractivity contribution in [2.45, 2.75) is 19.3 Å². The van der Waals surface area contributed by atoms with Crippen molar-refractivity contribution in [3.8, 4) is 6.07 Å². The third-order valence-corrected chi connectivity index (χ3v) is 2.52. The molecular formula is C12H11ClN3O+. The number of benzene rings is 1. The van der Waals surface area contributed by atoms with Crippen LogP contribution in [-0.4, -0.2) is 5.11 Å². The zero-order chi connectivity index (χ0) is 12.7. The van der Waals surface area contributed by atoms with Crippen molar-refractivity contribution in [2.24, 2.45) is 0 Å². The highest BCUT2D eigenvalue weighted by molar-refractivity contribution is 6.30. The van der Waals surface area contributed by atoms with Crippen LogP contribution in [0.4, 0.5) is 0 Å². The maximum Gasteiger partial charge on any atom is 0.497 e. The molecular weight excluding hydrogens is 238 g/mol. The quantitative estimate of drug-likeness (QED) is 0.500. The summed E-state index contributed by atoms with van der Waals surface area (Å²) in [5.41, 5.74) is 0.766. The Hall–Kier alpha value is -2.04. The normalized spacial score (nSPS) is 11.2. The van der Waals surface area contributed by atoms with Gasteiger partial charge >= 0.3 is 5.70 Å². The van der Waals surface area contributed by atoms with E-state index in [1.54, 1.807) is 18.2 Å². The summed E-state index contributed by atoms with van der Waals surface area (Å²) in [6, 6.07) is 9.02. The molecule has 0 saturated heterocycles. The molecule has 0 fully saturated rings. The summed E-state index contributed by atoms with van der Waals surface area (Å²) >= 11 is 5.75. The predicted octanol–water partition coefficient (Wildman–Crippen LogP) is 3.81. The van der Waals surface area contributed by atoms with E-state index in [2.05, 4.69) is 4.98 Å². The van der Waals surface area contributed by atoms with Crippen LogP contribution >= 0.6 is 11.6 Å². The molecule has 0 spiro atoms. The van der Waals surface area contributed by atoms with Crippen molar-refractivity contribution >= 4 is 11.6 Å². The summed E-state index contributed by atoms with van der Waals surface area (Å²) in [4.78, 5) is 2.69. The Labute approximate surface area is 104 Å². The van der Waals surface area contributed by atoms with Gasteiger partial charge < -0.3 is 5.11 Å². The largest absolute Gasteiger partial charge is 0.504 e. The van der Waals surface area contributed by atoms with Gasteiger partial charge in [-0.2, -0.15) is 5.26 Å². The first-order valence-corrected chi connectivity index (χ1v) is 5.47. The van der Waals surface area contributed by atoms with Crippen LogP contribution in [0.3, 0.4) is 0 Å². The number of allylic oxidation sites excluding steroid dienone is 2. The van der Waals surface area contributed by atoms with Crippen molar-refractivity contribution in [2.75, 3.05) is 0 Å². The Balaban J connectivity index is 2.49. The number of hydrogen-bond donors (Lipinski definition) is 1. The molecule has 1 aromatic rings. The Bertz CT molecular complexity index is 478. The molecule has 0 atom stereocenters. The molecule has 0 amide bonds. The first kappa shape index (κ1) is 13.0. The van der Waals surface area contributed by atoms with Crippen LogP contribution in [0.2, 0.25) is 5.02 Å². The van der Waals surface area contributed by atoms with Crippen molar-refractivity contribution in [3.63, 3.8) is 0 Å². The Kier molecular flexibility index (Phi) is 5.00. The maximum atomic E-state index is 9.41. The number of rotatable bonds is 4. The third kappa shape index (κ3) is 4.14. The third-order valence-electron chi connectivity index (χ3n) is 2.27. The smallest absolute Gasteiger partial charge is 0.497 e. The van der Waals surface area contributed by atoms with E-state index in [-0.39, 0.29) is 11.5 Å². The molecule has 0 saturated carbocycles. The minimum Gasteiger partial charge on any atom is -0.504 e. The van der Waals surface area contributed by atoms with E-state index in [1.807, 2.05) is 12.1 Å². The first-order chi connectivity index (χ1) is 8.17. The summed E-state index contributed by atoms with van der Waals surface area (Å²) in [6.45, 7) is 0. The molecule has 0 unspecified atom stereocenters. The van der Waals surface area contributed by atoms with E-state index in [0.717, 1.165) is 12.0 Å². The van der Waals surface area contributed by atoms with Crippen LogP contribution in [0.25, 0.3) is 4.98 Å². The van der Waals surface area contributed by atoms with Gasteiger partial charge in [-0.3, -0.25) is 0 Å². The van der Waals surface area contributed by atoms with Gasteiger partial charge in [0.25, 0.3) is 0 Å². The summed E-state index contributed by atoms with van der Waals surface area (Å²) in [5, 5.41) is 27.0. The number of diazo groups is 1. The molecule has 0 heterocycles. The fraction of sp³-hybridized carbons (Fsp3) is 0.250. The average molecular weight is 249 g/mol. The number of aryl methyl sites for hydroxylation is 1. The molecule has 0 aliphatic rings.